The number of benzene rings is 1. The van der Waals surface area contributed by atoms with Crippen LogP contribution in [-0.4, -0.2) is 23.4 Å². The normalized spacial score (nSPS) is 28.1. The summed E-state index contributed by atoms with van der Waals surface area (Å²) in [5.41, 5.74) is 3.54. The second-order valence-corrected chi connectivity index (χ2v) is 6.84. The van der Waals surface area contributed by atoms with E-state index < -0.39 is 0 Å². The first kappa shape index (κ1) is 13.3. The molecule has 4 rings (SSSR count). The molecule has 2 heterocycles. The summed E-state index contributed by atoms with van der Waals surface area (Å²) >= 11 is 0. The Morgan fingerprint density at radius 2 is 1.86 bits per heavy atom. The summed E-state index contributed by atoms with van der Waals surface area (Å²) in [6, 6.07) is 6.78. The van der Waals surface area contributed by atoms with Crippen LogP contribution >= 0.6 is 0 Å². The standard InChI is InChI=1S/C18H24N2O/c21-18(14-7-8-15-11-19-12-16(15)10-14)20-9-3-5-13-4-1-2-6-17(13)20/h7-8,10,13,17,19H,1-6,9,11-12H2. The van der Waals surface area contributed by atoms with Gasteiger partial charge in [0.1, 0.15) is 0 Å². The number of piperidine rings is 1. The van der Waals surface area contributed by atoms with E-state index in [-0.39, 0.29) is 5.91 Å². The summed E-state index contributed by atoms with van der Waals surface area (Å²) in [6.07, 6.45) is 7.68. The number of rotatable bonds is 1. The lowest BCUT2D eigenvalue weighted by atomic mass is 9.78. The van der Waals surface area contributed by atoms with Crippen molar-refractivity contribution in [1.29, 1.82) is 0 Å². The van der Waals surface area contributed by atoms with Crippen LogP contribution in [0.1, 0.15) is 60.0 Å². The van der Waals surface area contributed by atoms with E-state index in [1.54, 1.807) is 0 Å². The van der Waals surface area contributed by atoms with Gasteiger partial charge in [0.05, 0.1) is 0 Å². The third-order valence-electron chi connectivity index (χ3n) is 5.59. The molecule has 0 spiro atoms. The first-order valence-corrected chi connectivity index (χ1v) is 8.46. The van der Waals surface area contributed by atoms with Gasteiger partial charge in [0.25, 0.3) is 5.91 Å². The van der Waals surface area contributed by atoms with Gasteiger partial charge in [-0.3, -0.25) is 4.79 Å². The van der Waals surface area contributed by atoms with Gasteiger partial charge in [-0.2, -0.15) is 0 Å². The molecule has 3 aliphatic rings. The molecule has 0 aromatic heterocycles. The molecule has 0 radical (unpaired) electrons. The second-order valence-electron chi connectivity index (χ2n) is 6.84. The maximum atomic E-state index is 13.0. The predicted octanol–water partition coefficient (Wildman–Crippen LogP) is 3.08. The van der Waals surface area contributed by atoms with Gasteiger partial charge in [0, 0.05) is 31.2 Å². The minimum absolute atomic E-state index is 0.265. The summed E-state index contributed by atoms with van der Waals surface area (Å²) in [7, 11) is 0. The number of carbonyl (C=O) groups excluding carboxylic acids is 1. The van der Waals surface area contributed by atoms with Crippen molar-refractivity contribution in [2.75, 3.05) is 6.54 Å². The minimum Gasteiger partial charge on any atom is -0.335 e. The number of likely N-dealkylation sites (tertiary alicyclic amines) is 1. The largest absolute Gasteiger partial charge is 0.335 e. The smallest absolute Gasteiger partial charge is 0.254 e. The molecule has 1 aliphatic carbocycles. The second kappa shape index (κ2) is 5.45. The van der Waals surface area contributed by atoms with Gasteiger partial charge >= 0.3 is 0 Å². The fourth-order valence-corrected chi connectivity index (χ4v) is 4.47. The van der Waals surface area contributed by atoms with Crippen LogP contribution in [0.5, 0.6) is 0 Å². The molecule has 1 aromatic rings. The van der Waals surface area contributed by atoms with Crippen LogP contribution in [-0.2, 0) is 13.1 Å². The van der Waals surface area contributed by atoms with Crippen LogP contribution < -0.4 is 5.32 Å². The van der Waals surface area contributed by atoms with Crippen LogP contribution in [0.15, 0.2) is 18.2 Å². The Labute approximate surface area is 126 Å². The van der Waals surface area contributed by atoms with E-state index in [0.29, 0.717) is 6.04 Å². The first-order valence-electron chi connectivity index (χ1n) is 8.46. The van der Waals surface area contributed by atoms with Gasteiger partial charge < -0.3 is 10.2 Å². The van der Waals surface area contributed by atoms with E-state index >= 15 is 0 Å². The van der Waals surface area contributed by atoms with Crippen molar-refractivity contribution in [3.05, 3.63) is 34.9 Å². The third kappa shape index (κ3) is 2.38. The Morgan fingerprint density at radius 1 is 1.05 bits per heavy atom. The van der Waals surface area contributed by atoms with Crippen molar-refractivity contribution in [1.82, 2.24) is 10.2 Å². The molecule has 1 aromatic carbocycles. The van der Waals surface area contributed by atoms with Gasteiger partial charge in [0.15, 0.2) is 0 Å². The van der Waals surface area contributed by atoms with Gasteiger partial charge in [-0.25, -0.2) is 0 Å². The third-order valence-corrected chi connectivity index (χ3v) is 5.59. The van der Waals surface area contributed by atoms with Gasteiger partial charge in [0.2, 0.25) is 0 Å². The number of hydrogen-bond acceptors (Lipinski definition) is 2. The number of fused-ring (bicyclic) bond motifs is 2. The molecule has 3 heteroatoms. The molecule has 1 amide bonds. The van der Waals surface area contributed by atoms with Crippen LogP contribution in [0.4, 0.5) is 0 Å². The molecule has 1 saturated carbocycles. The Bertz CT molecular complexity index is 552. The maximum Gasteiger partial charge on any atom is 0.254 e. The van der Waals surface area contributed by atoms with E-state index in [9.17, 15) is 4.79 Å². The van der Waals surface area contributed by atoms with Gasteiger partial charge in [-0.1, -0.05) is 18.9 Å². The summed E-state index contributed by atoms with van der Waals surface area (Å²) in [5.74, 6) is 1.02. The molecule has 2 unspecified atom stereocenters. The number of hydrogen-bond donors (Lipinski definition) is 1. The SMILES string of the molecule is O=C(c1ccc2c(c1)CNC2)N1CCCC2CCCCC21. The van der Waals surface area contributed by atoms with Crippen molar-refractivity contribution in [2.45, 2.75) is 57.7 Å². The van der Waals surface area contributed by atoms with E-state index in [1.165, 1.54) is 49.7 Å². The molecule has 2 aliphatic heterocycles. The predicted molar refractivity (Wildman–Crippen MR) is 83.0 cm³/mol. The van der Waals surface area contributed by atoms with E-state index in [2.05, 4.69) is 22.3 Å². The molecule has 0 bridgehead atoms. The van der Waals surface area contributed by atoms with Crippen molar-refractivity contribution in [3.8, 4) is 0 Å². The van der Waals surface area contributed by atoms with Crippen molar-refractivity contribution < 1.29 is 4.79 Å². The lowest BCUT2D eigenvalue weighted by Gasteiger charge is -2.44. The van der Waals surface area contributed by atoms with Crippen molar-refractivity contribution in [2.24, 2.45) is 5.92 Å². The summed E-state index contributed by atoms with van der Waals surface area (Å²) < 4.78 is 0. The lowest BCUT2D eigenvalue weighted by Crippen LogP contribution is -2.49. The van der Waals surface area contributed by atoms with E-state index in [0.717, 1.165) is 31.1 Å². The summed E-state index contributed by atoms with van der Waals surface area (Å²) in [5, 5.41) is 3.35. The summed E-state index contributed by atoms with van der Waals surface area (Å²) in [4.78, 5) is 15.2. The zero-order chi connectivity index (χ0) is 14.2. The highest BCUT2D eigenvalue weighted by Crippen LogP contribution is 2.36. The molecule has 3 nitrogen and oxygen atoms in total. The van der Waals surface area contributed by atoms with Gasteiger partial charge in [-0.15, -0.1) is 0 Å². The quantitative estimate of drug-likeness (QED) is 0.859. The molecule has 2 fully saturated rings. The highest BCUT2D eigenvalue weighted by Gasteiger charge is 2.36. The minimum atomic E-state index is 0.265. The molecular formula is C18H24N2O. The zero-order valence-electron chi connectivity index (χ0n) is 12.6. The average molecular weight is 284 g/mol. The maximum absolute atomic E-state index is 13.0. The number of nitrogens with one attached hydrogen (secondary N) is 1. The molecule has 1 saturated heterocycles. The van der Waals surface area contributed by atoms with Crippen LogP contribution in [0.2, 0.25) is 0 Å². The lowest BCUT2D eigenvalue weighted by molar-refractivity contribution is 0.0390. The fraction of sp³-hybridized carbons (Fsp3) is 0.611. The summed E-state index contributed by atoms with van der Waals surface area (Å²) in [6.45, 7) is 2.80. The fourth-order valence-electron chi connectivity index (χ4n) is 4.47. The topological polar surface area (TPSA) is 32.3 Å². The number of amides is 1. The average Bonchev–Trinajstić information content (AvgIpc) is 3.01. The highest BCUT2D eigenvalue weighted by molar-refractivity contribution is 5.94. The Morgan fingerprint density at radius 3 is 2.81 bits per heavy atom. The van der Waals surface area contributed by atoms with Crippen molar-refractivity contribution in [3.63, 3.8) is 0 Å². The Kier molecular flexibility index (Phi) is 3.46. The van der Waals surface area contributed by atoms with E-state index in [1.807, 2.05) is 6.07 Å². The first-order chi connectivity index (χ1) is 10.3. The van der Waals surface area contributed by atoms with Crippen LogP contribution in [0.25, 0.3) is 0 Å². The number of carbonyl (C=O) groups is 1. The highest BCUT2D eigenvalue weighted by atomic mass is 16.2. The molecule has 2 atom stereocenters. The molecular weight excluding hydrogens is 260 g/mol. The Hall–Kier alpha value is -1.35. The monoisotopic (exact) mass is 284 g/mol. The molecule has 1 N–H and O–H groups in total. The van der Waals surface area contributed by atoms with Gasteiger partial charge in [-0.05, 0) is 54.9 Å². The van der Waals surface area contributed by atoms with E-state index in [4.69, 9.17) is 0 Å². The molecule has 21 heavy (non-hydrogen) atoms. The molecule has 112 valence electrons. The van der Waals surface area contributed by atoms with Crippen LogP contribution in [0, 0.1) is 5.92 Å². The number of nitrogens with zero attached hydrogens (tertiary/aromatic N) is 1. The zero-order valence-corrected chi connectivity index (χ0v) is 12.6. The van der Waals surface area contributed by atoms with Crippen LogP contribution in [0.3, 0.4) is 0 Å². The van der Waals surface area contributed by atoms with Crippen molar-refractivity contribution >= 4 is 5.91 Å². The Balaban J connectivity index is 1.58.